The molecule has 23 heavy (non-hydrogen) atoms. The maximum absolute atomic E-state index is 13.1. The SMILES string of the molecule is Cc1ccccc1C1C(=O)c2c(C)nc3ccccc3c2C1=O. The number of hydrogen-bond acceptors (Lipinski definition) is 3. The lowest BCUT2D eigenvalue weighted by atomic mass is 9.90. The van der Waals surface area contributed by atoms with Gasteiger partial charge >= 0.3 is 0 Å². The molecule has 3 heteroatoms. The molecule has 0 N–H and O–H groups in total. The number of carbonyl (C=O) groups excluding carboxylic acids is 2. The summed E-state index contributed by atoms with van der Waals surface area (Å²) in [6, 6.07) is 15.1. The van der Waals surface area contributed by atoms with Gasteiger partial charge in [0, 0.05) is 16.6 Å². The zero-order chi connectivity index (χ0) is 16.1. The van der Waals surface area contributed by atoms with E-state index in [9.17, 15) is 9.59 Å². The summed E-state index contributed by atoms with van der Waals surface area (Å²) in [5.74, 6) is -0.978. The van der Waals surface area contributed by atoms with Crippen LogP contribution in [0.5, 0.6) is 0 Å². The number of carbonyl (C=O) groups is 2. The van der Waals surface area contributed by atoms with Gasteiger partial charge in [-0.2, -0.15) is 0 Å². The van der Waals surface area contributed by atoms with Crippen LogP contribution in [0.3, 0.4) is 0 Å². The van der Waals surface area contributed by atoms with E-state index < -0.39 is 5.92 Å². The van der Waals surface area contributed by atoms with Crippen molar-refractivity contribution in [2.45, 2.75) is 19.8 Å². The predicted octanol–water partition coefficient (Wildman–Crippen LogP) is 4.01. The van der Waals surface area contributed by atoms with Crippen molar-refractivity contribution in [2.75, 3.05) is 0 Å². The number of hydrogen-bond donors (Lipinski definition) is 0. The van der Waals surface area contributed by atoms with Crippen LogP contribution in [0.15, 0.2) is 48.5 Å². The first-order chi connectivity index (χ1) is 11.1. The van der Waals surface area contributed by atoms with E-state index in [1.54, 1.807) is 6.92 Å². The molecule has 1 heterocycles. The molecule has 1 aromatic heterocycles. The van der Waals surface area contributed by atoms with Crippen molar-refractivity contribution in [2.24, 2.45) is 0 Å². The molecule has 0 saturated carbocycles. The molecule has 0 fully saturated rings. The standard InChI is InChI=1S/C20H15NO2/c1-11-7-3-4-8-13(11)18-19(22)16-12(2)21-15-10-6-5-9-14(15)17(16)20(18)23/h3-10,18H,1-2H3. The van der Waals surface area contributed by atoms with Crippen LogP contribution in [0, 0.1) is 13.8 Å². The highest BCUT2D eigenvalue weighted by Gasteiger charge is 2.42. The summed E-state index contributed by atoms with van der Waals surface area (Å²) in [6.45, 7) is 3.73. The number of nitrogens with zero attached hydrogens (tertiary/aromatic N) is 1. The molecule has 112 valence electrons. The molecule has 3 nitrogen and oxygen atoms in total. The van der Waals surface area contributed by atoms with E-state index in [0.29, 0.717) is 16.8 Å². The van der Waals surface area contributed by atoms with Crippen molar-refractivity contribution >= 4 is 22.5 Å². The van der Waals surface area contributed by atoms with E-state index in [1.165, 1.54) is 0 Å². The minimum atomic E-state index is -0.738. The van der Waals surface area contributed by atoms with Gasteiger partial charge in [0.05, 0.1) is 11.1 Å². The van der Waals surface area contributed by atoms with Gasteiger partial charge in [-0.15, -0.1) is 0 Å². The number of para-hydroxylation sites is 1. The molecule has 3 aromatic rings. The first-order valence-electron chi connectivity index (χ1n) is 7.63. The van der Waals surface area contributed by atoms with Gasteiger partial charge in [-0.3, -0.25) is 14.6 Å². The van der Waals surface area contributed by atoms with E-state index in [2.05, 4.69) is 4.98 Å². The van der Waals surface area contributed by atoms with Gasteiger partial charge in [-0.05, 0) is 31.0 Å². The Hall–Kier alpha value is -2.81. The zero-order valence-electron chi connectivity index (χ0n) is 13.0. The molecule has 1 atom stereocenters. The van der Waals surface area contributed by atoms with E-state index in [-0.39, 0.29) is 11.6 Å². The molecule has 0 bridgehead atoms. The zero-order valence-corrected chi connectivity index (χ0v) is 13.0. The van der Waals surface area contributed by atoms with Gasteiger partial charge in [0.1, 0.15) is 5.92 Å². The third-order valence-electron chi connectivity index (χ3n) is 4.59. The Bertz CT molecular complexity index is 988. The minimum Gasteiger partial charge on any atom is -0.293 e. The second kappa shape index (κ2) is 4.85. The molecule has 1 aliphatic carbocycles. The molecule has 0 amide bonds. The number of pyridine rings is 1. The Morgan fingerprint density at radius 2 is 1.48 bits per heavy atom. The van der Waals surface area contributed by atoms with Crippen LogP contribution < -0.4 is 0 Å². The van der Waals surface area contributed by atoms with E-state index in [0.717, 1.165) is 22.0 Å². The molecule has 1 unspecified atom stereocenters. The number of ketones is 2. The summed E-state index contributed by atoms with van der Waals surface area (Å²) >= 11 is 0. The van der Waals surface area contributed by atoms with Crippen molar-refractivity contribution < 1.29 is 9.59 Å². The van der Waals surface area contributed by atoms with Crippen LogP contribution in [-0.2, 0) is 0 Å². The van der Waals surface area contributed by atoms with E-state index >= 15 is 0 Å². The number of aryl methyl sites for hydroxylation is 2. The molecule has 0 saturated heterocycles. The fourth-order valence-electron chi connectivity index (χ4n) is 3.49. The number of aromatic nitrogens is 1. The predicted molar refractivity (Wildman–Crippen MR) is 89.1 cm³/mol. The van der Waals surface area contributed by atoms with Gasteiger partial charge in [0.15, 0.2) is 11.6 Å². The Morgan fingerprint density at radius 3 is 2.26 bits per heavy atom. The van der Waals surface area contributed by atoms with Crippen molar-refractivity contribution in [1.29, 1.82) is 0 Å². The average Bonchev–Trinajstić information content (AvgIpc) is 2.81. The van der Waals surface area contributed by atoms with Gasteiger partial charge < -0.3 is 0 Å². The summed E-state index contributed by atoms with van der Waals surface area (Å²) in [5, 5.41) is 0.766. The monoisotopic (exact) mass is 301 g/mol. The Balaban J connectivity index is 2.02. The van der Waals surface area contributed by atoms with Crippen LogP contribution >= 0.6 is 0 Å². The fraction of sp³-hybridized carbons (Fsp3) is 0.150. The second-order valence-electron chi connectivity index (χ2n) is 5.98. The highest BCUT2D eigenvalue weighted by Crippen LogP contribution is 2.39. The summed E-state index contributed by atoms with van der Waals surface area (Å²) in [6.07, 6.45) is 0. The fourth-order valence-corrected chi connectivity index (χ4v) is 3.49. The van der Waals surface area contributed by atoms with E-state index in [4.69, 9.17) is 0 Å². The second-order valence-corrected chi connectivity index (χ2v) is 5.98. The maximum atomic E-state index is 13.1. The normalized spacial score (nSPS) is 16.9. The third-order valence-corrected chi connectivity index (χ3v) is 4.59. The van der Waals surface area contributed by atoms with Gasteiger partial charge in [0.25, 0.3) is 0 Å². The molecule has 4 rings (SSSR count). The molecule has 2 aromatic carbocycles. The summed E-state index contributed by atoms with van der Waals surface area (Å²) in [7, 11) is 0. The lowest BCUT2D eigenvalue weighted by Gasteiger charge is -2.10. The Morgan fingerprint density at radius 1 is 0.826 bits per heavy atom. The molecule has 0 radical (unpaired) electrons. The van der Waals surface area contributed by atoms with Crippen molar-refractivity contribution in [3.8, 4) is 0 Å². The molecular formula is C20H15NO2. The van der Waals surface area contributed by atoms with Crippen LogP contribution in [0.2, 0.25) is 0 Å². The largest absolute Gasteiger partial charge is 0.293 e. The Kier molecular flexibility index (Phi) is 2.91. The van der Waals surface area contributed by atoms with Crippen molar-refractivity contribution in [3.63, 3.8) is 0 Å². The van der Waals surface area contributed by atoms with Crippen LogP contribution in [0.25, 0.3) is 10.9 Å². The Labute approximate surface area is 134 Å². The minimum absolute atomic E-state index is 0.110. The first-order valence-corrected chi connectivity index (χ1v) is 7.63. The number of Topliss-reactive ketones (excluding diaryl/α,β-unsaturated/α-hetero) is 2. The van der Waals surface area contributed by atoms with E-state index in [1.807, 2.05) is 55.5 Å². The molecular weight excluding hydrogens is 286 g/mol. The summed E-state index contributed by atoms with van der Waals surface area (Å²) in [4.78, 5) is 30.6. The molecule has 0 aliphatic heterocycles. The van der Waals surface area contributed by atoms with Crippen LogP contribution in [0.4, 0.5) is 0 Å². The quantitative estimate of drug-likeness (QED) is 0.638. The topological polar surface area (TPSA) is 47.0 Å². The number of benzene rings is 2. The first kappa shape index (κ1) is 13.8. The lowest BCUT2D eigenvalue weighted by molar-refractivity contribution is 0.0890. The maximum Gasteiger partial charge on any atom is 0.180 e. The van der Waals surface area contributed by atoms with Gasteiger partial charge in [-0.25, -0.2) is 0 Å². The summed E-state index contributed by atoms with van der Waals surface area (Å²) < 4.78 is 0. The molecule has 1 aliphatic rings. The van der Waals surface area contributed by atoms with Gasteiger partial charge in [-0.1, -0.05) is 42.5 Å². The number of rotatable bonds is 1. The molecule has 0 spiro atoms. The highest BCUT2D eigenvalue weighted by molar-refractivity contribution is 6.33. The van der Waals surface area contributed by atoms with Crippen molar-refractivity contribution in [1.82, 2.24) is 4.98 Å². The lowest BCUT2D eigenvalue weighted by Crippen LogP contribution is -2.14. The van der Waals surface area contributed by atoms with Gasteiger partial charge in [0.2, 0.25) is 0 Å². The van der Waals surface area contributed by atoms with Crippen LogP contribution in [-0.4, -0.2) is 16.6 Å². The summed E-state index contributed by atoms with van der Waals surface area (Å²) in [5.41, 5.74) is 4.17. The average molecular weight is 301 g/mol. The number of fused-ring (bicyclic) bond motifs is 3. The highest BCUT2D eigenvalue weighted by atomic mass is 16.2. The third kappa shape index (κ3) is 1.86. The van der Waals surface area contributed by atoms with Crippen molar-refractivity contribution in [3.05, 3.63) is 76.5 Å². The van der Waals surface area contributed by atoms with Crippen LogP contribution in [0.1, 0.15) is 43.5 Å². The smallest absolute Gasteiger partial charge is 0.180 e.